The van der Waals surface area contributed by atoms with Gasteiger partial charge in [0.25, 0.3) is 0 Å². The highest BCUT2D eigenvalue weighted by Gasteiger charge is 2.44. The van der Waals surface area contributed by atoms with Crippen molar-refractivity contribution in [1.29, 1.82) is 0 Å². The number of hydrogen-bond donors (Lipinski definition) is 4. The first-order chi connectivity index (χ1) is 23.7. The molecule has 286 valence electrons. The Kier molecular flexibility index (Phi) is 17.6. The summed E-state index contributed by atoms with van der Waals surface area (Å²) >= 11 is 0. The number of ketones is 1. The van der Waals surface area contributed by atoms with Gasteiger partial charge in [-0.15, -0.1) is 0 Å². The molecule has 3 fully saturated rings. The van der Waals surface area contributed by atoms with Gasteiger partial charge in [0.1, 0.15) is 0 Å². The van der Waals surface area contributed by atoms with Crippen LogP contribution in [-0.4, -0.2) is 83.3 Å². The average molecular weight is 705 g/mol. The molecule has 0 unspecified atom stereocenters. The molecule has 50 heavy (non-hydrogen) atoms. The summed E-state index contributed by atoms with van der Waals surface area (Å²) in [5, 5.41) is 26.2. The molecule has 4 N–H and O–H groups in total. The lowest BCUT2D eigenvalue weighted by Gasteiger charge is -2.48. The van der Waals surface area contributed by atoms with Crippen molar-refractivity contribution in [2.75, 3.05) is 13.1 Å². The highest BCUT2D eigenvalue weighted by atomic mass is 16.7. The number of ether oxygens (including phenoxy) is 3. The lowest BCUT2D eigenvalue weighted by atomic mass is 9.85. The van der Waals surface area contributed by atoms with Crippen LogP contribution in [0.4, 0.5) is 0 Å². The minimum Gasteiger partial charge on any atom is -0.390 e. The van der Waals surface area contributed by atoms with Crippen molar-refractivity contribution < 1.29 is 38.8 Å². The third-order valence-electron chi connectivity index (χ3n) is 11.2. The number of amides is 2. The van der Waals surface area contributed by atoms with Gasteiger partial charge in [-0.2, -0.15) is 0 Å². The van der Waals surface area contributed by atoms with Crippen LogP contribution in [0.5, 0.6) is 0 Å². The Morgan fingerprint density at radius 1 is 0.900 bits per heavy atom. The monoisotopic (exact) mass is 704 g/mol. The fourth-order valence-electron chi connectivity index (χ4n) is 7.51. The average Bonchev–Trinajstić information content (AvgIpc) is 3.07. The first-order valence-corrected chi connectivity index (χ1v) is 19.5. The second-order valence-corrected chi connectivity index (χ2v) is 15.7. The first-order valence-electron chi connectivity index (χ1n) is 19.5. The van der Waals surface area contributed by atoms with Gasteiger partial charge in [-0.3, -0.25) is 14.4 Å². The smallest absolute Gasteiger partial charge is 0.225 e. The molecule has 3 rings (SSSR count). The fourth-order valence-corrected chi connectivity index (χ4v) is 7.51. The predicted octanol–water partition coefficient (Wildman–Crippen LogP) is 5.93. The molecule has 0 radical (unpaired) electrons. The van der Waals surface area contributed by atoms with Crippen molar-refractivity contribution >= 4 is 17.6 Å². The number of rotatable bonds is 18. The van der Waals surface area contributed by atoms with E-state index in [2.05, 4.69) is 30.6 Å². The lowest BCUT2D eigenvalue weighted by Crippen LogP contribution is -2.50. The summed E-state index contributed by atoms with van der Waals surface area (Å²) in [6, 6.07) is 0. The third-order valence-corrected chi connectivity index (χ3v) is 11.2. The summed E-state index contributed by atoms with van der Waals surface area (Å²) in [6.07, 6.45) is 14.5. The van der Waals surface area contributed by atoms with Crippen molar-refractivity contribution in [2.45, 2.75) is 174 Å². The lowest BCUT2D eigenvalue weighted by molar-refractivity contribution is -0.324. The summed E-state index contributed by atoms with van der Waals surface area (Å²) in [7, 11) is 0. The molecular weight excluding hydrogens is 636 g/mol. The molecule has 3 saturated heterocycles. The second kappa shape index (κ2) is 20.8. The van der Waals surface area contributed by atoms with E-state index in [9.17, 15) is 24.6 Å². The molecule has 0 bridgehead atoms. The summed E-state index contributed by atoms with van der Waals surface area (Å²) < 4.78 is 19.5. The molecule has 2 amide bonds. The van der Waals surface area contributed by atoms with Gasteiger partial charge in [0.2, 0.25) is 11.8 Å². The van der Waals surface area contributed by atoms with E-state index in [4.69, 9.17) is 14.2 Å². The SMILES string of the molecule is C/C=C/C(=O)C[C@@H]1CC[C@@H](C)[C@H](CC(=O)NC[C@H](O)[C@H](C)C(=O)NCCC[C@H]2O[C@@]3(CCC[C@@H](CC[C@H](C)/C=C(\C)[C@H](C)O)O3)CC[C@@H]2C)O1. The molecule has 0 aromatic carbocycles. The Hall–Kier alpha value is -2.11. The molecule has 10 heteroatoms. The maximum atomic E-state index is 12.9. The van der Waals surface area contributed by atoms with E-state index in [-0.39, 0.29) is 60.9 Å². The zero-order valence-corrected chi connectivity index (χ0v) is 32.0. The molecule has 3 aliphatic rings. The number of allylic oxidation sites excluding steroid dienone is 3. The zero-order chi connectivity index (χ0) is 36.8. The van der Waals surface area contributed by atoms with Gasteiger partial charge in [0.15, 0.2) is 11.6 Å². The molecule has 3 heterocycles. The van der Waals surface area contributed by atoms with Crippen molar-refractivity contribution in [3.63, 3.8) is 0 Å². The maximum absolute atomic E-state index is 12.9. The summed E-state index contributed by atoms with van der Waals surface area (Å²) in [6.45, 7) is 14.2. The van der Waals surface area contributed by atoms with E-state index in [1.807, 2.05) is 20.8 Å². The Morgan fingerprint density at radius 2 is 1.64 bits per heavy atom. The molecule has 1 spiro atoms. The number of aliphatic hydroxyl groups excluding tert-OH is 2. The molecule has 0 aromatic heterocycles. The standard InChI is InChI=1S/C40H68N2O8/c1-8-11-32(44)23-34-17-15-27(3)37(48-34)24-38(46)42-25-35(45)30(6)39(47)41-21-10-13-36-28(4)18-20-40(50-36)19-9-12-33(49-40)16-14-26(2)22-29(5)31(7)43/h8,11,22,26-28,30-31,33-37,43,45H,9-10,12-21,23-25H2,1-7H3,(H,41,47)(H,42,46)/b11-8+,29-22+/t26-,27+,28-,30-,31-,33-,34-,35-,36+,37-,40-/m0/s1. The van der Waals surface area contributed by atoms with Gasteiger partial charge < -0.3 is 35.1 Å². The van der Waals surface area contributed by atoms with Crippen LogP contribution in [0.25, 0.3) is 0 Å². The van der Waals surface area contributed by atoms with Crippen LogP contribution in [0.2, 0.25) is 0 Å². The highest BCUT2D eigenvalue weighted by Crippen LogP contribution is 2.43. The topological polar surface area (TPSA) is 143 Å². The van der Waals surface area contributed by atoms with Crippen LogP contribution >= 0.6 is 0 Å². The third kappa shape index (κ3) is 13.8. The molecule has 0 aliphatic carbocycles. The van der Waals surface area contributed by atoms with Crippen molar-refractivity contribution in [3.05, 3.63) is 23.8 Å². The number of carbonyl (C=O) groups excluding carboxylic acids is 3. The molecular formula is C40H68N2O8. The van der Waals surface area contributed by atoms with Crippen molar-refractivity contribution in [3.8, 4) is 0 Å². The van der Waals surface area contributed by atoms with Crippen LogP contribution < -0.4 is 10.6 Å². The van der Waals surface area contributed by atoms with E-state index in [0.29, 0.717) is 24.8 Å². The molecule has 10 nitrogen and oxygen atoms in total. The Bertz CT molecular complexity index is 1140. The van der Waals surface area contributed by atoms with Gasteiger partial charge in [0.05, 0.1) is 49.0 Å². The highest BCUT2D eigenvalue weighted by molar-refractivity contribution is 5.89. The van der Waals surface area contributed by atoms with Gasteiger partial charge in [-0.25, -0.2) is 0 Å². The maximum Gasteiger partial charge on any atom is 0.225 e. The Balaban J connectivity index is 1.36. The van der Waals surface area contributed by atoms with E-state index >= 15 is 0 Å². The van der Waals surface area contributed by atoms with Crippen LogP contribution in [0.1, 0.15) is 132 Å². The van der Waals surface area contributed by atoms with Crippen LogP contribution in [0, 0.1) is 23.7 Å². The molecule has 3 aliphatic heterocycles. The Labute approximate surface area is 301 Å². The zero-order valence-electron chi connectivity index (χ0n) is 32.0. The van der Waals surface area contributed by atoms with Gasteiger partial charge in [0, 0.05) is 32.4 Å². The summed E-state index contributed by atoms with van der Waals surface area (Å²) in [5.74, 6) is -0.680. The fraction of sp³-hybridized carbons (Fsp3) is 0.825. The van der Waals surface area contributed by atoms with E-state index in [1.54, 1.807) is 26.0 Å². The molecule has 0 saturated carbocycles. The second-order valence-electron chi connectivity index (χ2n) is 15.7. The van der Waals surface area contributed by atoms with Gasteiger partial charge in [-0.05, 0) is 108 Å². The minimum absolute atomic E-state index is 0.0223. The van der Waals surface area contributed by atoms with E-state index in [1.165, 1.54) is 0 Å². The Morgan fingerprint density at radius 3 is 2.36 bits per heavy atom. The largest absolute Gasteiger partial charge is 0.390 e. The van der Waals surface area contributed by atoms with Crippen molar-refractivity contribution in [2.24, 2.45) is 23.7 Å². The molecule has 11 atom stereocenters. The number of hydrogen-bond acceptors (Lipinski definition) is 8. The normalized spacial score (nSPS) is 31.6. The summed E-state index contributed by atoms with van der Waals surface area (Å²) in [5.41, 5.74) is 1.01. The van der Waals surface area contributed by atoms with Gasteiger partial charge in [-0.1, -0.05) is 39.8 Å². The minimum atomic E-state index is -1.02. The van der Waals surface area contributed by atoms with Crippen LogP contribution in [-0.2, 0) is 28.6 Å². The number of nitrogens with one attached hydrogen (secondary N) is 2. The quantitative estimate of drug-likeness (QED) is 0.0782. The van der Waals surface area contributed by atoms with Gasteiger partial charge >= 0.3 is 0 Å². The predicted molar refractivity (Wildman–Crippen MR) is 195 cm³/mol. The summed E-state index contributed by atoms with van der Waals surface area (Å²) in [4.78, 5) is 37.6. The van der Waals surface area contributed by atoms with E-state index in [0.717, 1.165) is 76.2 Å². The number of carbonyl (C=O) groups is 3. The first kappa shape index (κ1) is 42.3. The number of aliphatic hydroxyl groups is 2. The van der Waals surface area contributed by atoms with Crippen LogP contribution in [0.15, 0.2) is 23.8 Å². The van der Waals surface area contributed by atoms with Crippen molar-refractivity contribution in [1.82, 2.24) is 10.6 Å². The molecule has 0 aromatic rings. The van der Waals surface area contributed by atoms with Crippen LogP contribution in [0.3, 0.4) is 0 Å². The van der Waals surface area contributed by atoms with E-state index < -0.39 is 23.9 Å².